The van der Waals surface area contributed by atoms with Crippen LogP contribution >= 0.6 is 27.7 Å². The van der Waals surface area contributed by atoms with Crippen molar-refractivity contribution < 1.29 is 14.4 Å². The second-order valence-electron chi connectivity index (χ2n) is 4.19. The van der Waals surface area contributed by atoms with Crippen LogP contribution in [0, 0.1) is 0 Å². The molecule has 0 radical (unpaired) electrons. The molecule has 0 aromatic carbocycles. The smallest absolute Gasteiger partial charge is 0.288 e. The van der Waals surface area contributed by atoms with Gasteiger partial charge >= 0.3 is 0 Å². The average Bonchev–Trinajstić information content (AvgIpc) is 2.95. The molecule has 0 unspecified atom stereocenters. The number of carbonyl (C=O) groups excluding carboxylic acids is 3. The highest BCUT2D eigenvalue weighted by Gasteiger charge is 2.29. The molecule has 1 N–H and O–H groups in total. The minimum absolute atomic E-state index is 0.193. The molecule has 6 nitrogen and oxygen atoms in total. The minimum Gasteiger partial charge on any atom is -0.349 e. The molecule has 108 valence electrons. The van der Waals surface area contributed by atoms with Gasteiger partial charge in [-0.05, 0) is 28.9 Å². The van der Waals surface area contributed by atoms with E-state index >= 15 is 0 Å². The van der Waals surface area contributed by atoms with Crippen LogP contribution in [0.15, 0.2) is 16.7 Å². The summed E-state index contributed by atoms with van der Waals surface area (Å²) in [5, 5.41) is 2.47. The van der Waals surface area contributed by atoms with Gasteiger partial charge in [-0.1, -0.05) is 11.8 Å². The monoisotopic (exact) mass is 359 g/mol. The van der Waals surface area contributed by atoms with Gasteiger partial charge in [0.05, 0.1) is 5.75 Å². The van der Waals surface area contributed by atoms with Crippen molar-refractivity contribution in [2.75, 3.05) is 18.8 Å². The topological polar surface area (TPSA) is 71.4 Å². The van der Waals surface area contributed by atoms with Crippen LogP contribution in [0.25, 0.3) is 0 Å². The van der Waals surface area contributed by atoms with Gasteiger partial charge in [0.15, 0.2) is 0 Å². The maximum atomic E-state index is 12.0. The molecule has 1 aromatic heterocycles. The van der Waals surface area contributed by atoms with Crippen molar-refractivity contribution in [3.8, 4) is 0 Å². The van der Waals surface area contributed by atoms with Gasteiger partial charge < -0.3 is 9.88 Å². The zero-order valence-electron chi connectivity index (χ0n) is 10.9. The van der Waals surface area contributed by atoms with Crippen molar-refractivity contribution in [1.29, 1.82) is 0 Å². The molecule has 8 heteroatoms. The molecule has 2 rings (SSSR count). The first-order valence-corrected chi connectivity index (χ1v) is 7.91. The molecule has 0 bridgehead atoms. The number of imide groups is 1. The van der Waals surface area contributed by atoms with E-state index in [0.29, 0.717) is 12.2 Å². The standard InChI is InChI=1S/C12H14BrN3O3S/c1-2-15-6-8(13)5-9(15)11(18)14-3-4-16-10(17)7-20-12(16)19/h5-6H,2-4,7H2,1H3,(H,14,18). The summed E-state index contributed by atoms with van der Waals surface area (Å²) in [5.74, 6) is -0.225. The number of aromatic nitrogens is 1. The summed E-state index contributed by atoms with van der Waals surface area (Å²) >= 11 is 4.32. The van der Waals surface area contributed by atoms with Crippen molar-refractivity contribution in [1.82, 2.24) is 14.8 Å². The van der Waals surface area contributed by atoms with Gasteiger partial charge in [0, 0.05) is 30.3 Å². The van der Waals surface area contributed by atoms with Crippen molar-refractivity contribution in [3.05, 3.63) is 22.4 Å². The number of aryl methyl sites for hydroxylation is 1. The Hall–Kier alpha value is -1.28. The zero-order chi connectivity index (χ0) is 14.7. The maximum absolute atomic E-state index is 12.0. The zero-order valence-corrected chi connectivity index (χ0v) is 13.3. The number of amides is 3. The fraction of sp³-hybridized carbons (Fsp3) is 0.417. The van der Waals surface area contributed by atoms with E-state index < -0.39 is 0 Å². The van der Waals surface area contributed by atoms with Gasteiger partial charge in [-0.3, -0.25) is 19.3 Å². The van der Waals surface area contributed by atoms with Crippen molar-refractivity contribution >= 4 is 44.7 Å². The third kappa shape index (κ3) is 3.24. The van der Waals surface area contributed by atoms with Crippen molar-refractivity contribution in [2.45, 2.75) is 13.5 Å². The van der Waals surface area contributed by atoms with Crippen LogP contribution < -0.4 is 5.32 Å². The number of carbonyl (C=O) groups is 3. The number of rotatable bonds is 5. The van der Waals surface area contributed by atoms with Crippen LogP contribution in [0.3, 0.4) is 0 Å². The van der Waals surface area contributed by atoms with E-state index in [1.807, 2.05) is 17.7 Å². The first-order chi connectivity index (χ1) is 9.52. The second kappa shape index (κ2) is 6.45. The highest BCUT2D eigenvalue weighted by Crippen LogP contribution is 2.18. The minimum atomic E-state index is -0.246. The van der Waals surface area contributed by atoms with Gasteiger partial charge in [0.25, 0.3) is 11.1 Å². The van der Waals surface area contributed by atoms with Gasteiger partial charge in [-0.25, -0.2) is 0 Å². The molecule has 1 aliphatic heterocycles. The van der Waals surface area contributed by atoms with E-state index in [4.69, 9.17) is 0 Å². The van der Waals surface area contributed by atoms with Crippen LogP contribution in [0.5, 0.6) is 0 Å². The van der Waals surface area contributed by atoms with Crippen LogP contribution in [-0.2, 0) is 11.3 Å². The number of thioether (sulfide) groups is 1. The molecule has 3 amide bonds. The Kier molecular flexibility index (Phi) is 4.87. The van der Waals surface area contributed by atoms with E-state index in [1.54, 1.807) is 6.07 Å². The number of halogens is 1. The number of nitrogens with zero attached hydrogens (tertiary/aromatic N) is 2. The molecule has 0 aliphatic carbocycles. The lowest BCUT2D eigenvalue weighted by molar-refractivity contribution is -0.124. The van der Waals surface area contributed by atoms with Crippen LogP contribution in [0.4, 0.5) is 4.79 Å². The summed E-state index contributed by atoms with van der Waals surface area (Å²) in [7, 11) is 0. The lowest BCUT2D eigenvalue weighted by Gasteiger charge is -2.13. The average molecular weight is 360 g/mol. The summed E-state index contributed by atoms with van der Waals surface area (Å²) in [4.78, 5) is 36.0. The van der Waals surface area contributed by atoms with Gasteiger partial charge in [0.1, 0.15) is 5.69 Å². The Bertz CT molecular complexity index is 542. The van der Waals surface area contributed by atoms with Gasteiger partial charge in [0.2, 0.25) is 5.91 Å². The Morgan fingerprint density at radius 3 is 2.85 bits per heavy atom. The molecule has 20 heavy (non-hydrogen) atoms. The third-order valence-corrected chi connectivity index (χ3v) is 4.19. The number of hydrogen-bond donors (Lipinski definition) is 1. The highest BCUT2D eigenvalue weighted by molar-refractivity contribution is 9.10. The van der Waals surface area contributed by atoms with Gasteiger partial charge in [-0.15, -0.1) is 0 Å². The van der Waals surface area contributed by atoms with Crippen LogP contribution in [0.1, 0.15) is 17.4 Å². The summed E-state index contributed by atoms with van der Waals surface area (Å²) < 4.78 is 2.66. The summed E-state index contributed by atoms with van der Waals surface area (Å²) in [6.45, 7) is 3.10. The summed E-state index contributed by atoms with van der Waals surface area (Å²) in [6.07, 6.45) is 1.83. The number of hydrogen-bond acceptors (Lipinski definition) is 4. The van der Waals surface area contributed by atoms with Crippen LogP contribution in [-0.4, -0.2) is 45.4 Å². The Labute approximate surface area is 129 Å². The lowest BCUT2D eigenvalue weighted by atomic mass is 10.4. The molecule has 2 heterocycles. The molecule has 1 aromatic rings. The first-order valence-electron chi connectivity index (χ1n) is 6.14. The van der Waals surface area contributed by atoms with E-state index in [0.717, 1.165) is 16.2 Å². The Balaban J connectivity index is 1.89. The Morgan fingerprint density at radius 1 is 1.50 bits per heavy atom. The molecule has 1 aliphatic rings. The second-order valence-corrected chi connectivity index (χ2v) is 6.03. The van der Waals surface area contributed by atoms with E-state index in [1.165, 1.54) is 4.90 Å². The summed E-state index contributed by atoms with van der Waals surface area (Å²) in [6, 6.07) is 1.74. The molecular formula is C12H14BrN3O3S. The van der Waals surface area contributed by atoms with Crippen LogP contribution in [0.2, 0.25) is 0 Å². The fourth-order valence-electron chi connectivity index (χ4n) is 1.90. The van der Waals surface area contributed by atoms with E-state index in [2.05, 4.69) is 21.2 Å². The highest BCUT2D eigenvalue weighted by atomic mass is 79.9. The van der Waals surface area contributed by atoms with Gasteiger partial charge in [-0.2, -0.15) is 0 Å². The predicted octanol–water partition coefficient (Wildman–Crippen LogP) is 1.70. The Morgan fingerprint density at radius 2 is 2.25 bits per heavy atom. The van der Waals surface area contributed by atoms with E-state index in [-0.39, 0.29) is 35.9 Å². The van der Waals surface area contributed by atoms with Crippen molar-refractivity contribution in [2.24, 2.45) is 0 Å². The third-order valence-electron chi connectivity index (χ3n) is 2.90. The normalized spacial score (nSPS) is 15.0. The quantitative estimate of drug-likeness (QED) is 0.868. The lowest BCUT2D eigenvalue weighted by Crippen LogP contribution is -2.37. The molecule has 0 atom stereocenters. The fourth-order valence-corrected chi connectivity index (χ4v) is 3.11. The molecule has 0 spiro atoms. The predicted molar refractivity (Wildman–Crippen MR) is 79.7 cm³/mol. The maximum Gasteiger partial charge on any atom is 0.288 e. The largest absolute Gasteiger partial charge is 0.349 e. The SMILES string of the molecule is CCn1cc(Br)cc1C(=O)NCCN1C(=O)CSC1=O. The molecule has 0 saturated carbocycles. The molecular weight excluding hydrogens is 346 g/mol. The first kappa shape index (κ1) is 15.1. The number of nitrogens with one attached hydrogen (secondary N) is 1. The molecule has 1 saturated heterocycles. The molecule has 1 fully saturated rings. The van der Waals surface area contributed by atoms with Crippen molar-refractivity contribution in [3.63, 3.8) is 0 Å². The van der Waals surface area contributed by atoms with E-state index in [9.17, 15) is 14.4 Å². The summed E-state index contributed by atoms with van der Waals surface area (Å²) in [5.41, 5.74) is 0.549.